The van der Waals surface area contributed by atoms with E-state index in [1.165, 1.54) is 0 Å². The van der Waals surface area contributed by atoms with Gasteiger partial charge in [0.2, 0.25) is 5.88 Å². The van der Waals surface area contributed by atoms with Crippen LogP contribution in [0.15, 0.2) is 66.7 Å². The van der Waals surface area contributed by atoms with Crippen molar-refractivity contribution in [3.8, 4) is 28.8 Å². The van der Waals surface area contributed by atoms with Crippen LogP contribution in [0.25, 0.3) is 17.0 Å². The Labute approximate surface area is 185 Å². The molecule has 0 bridgehead atoms. The smallest absolute Gasteiger partial charge is 0.258 e. The van der Waals surface area contributed by atoms with Crippen LogP contribution in [0.1, 0.15) is 6.92 Å². The van der Waals surface area contributed by atoms with E-state index in [1.807, 2.05) is 49.4 Å². The normalized spacial score (nSPS) is 10.7. The lowest BCUT2D eigenvalue weighted by atomic mass is 10.2. The third kappa shape index (κ3) is 5.31. The number of hydrogen-bond acceptors (Lipinski definition) is 7. The van der Waals surface area contributed by atoms with Crippen molar-refractivity contribution < 1.29 is 19.0 Å². The number of fused-ring (bicyclic) bond motifs is 1. The number of hydrogen-bond donors (Lipinski definition) is 1. The maximum atomic E-state index is 12.0. The predicted octanol–water partition coefficient (Wildman–Crippen LogP) is 2.76. The fraction of sp³-hybridized carbons (Fsp3) is 0.217. The highest BCUT2D eigenvalue weighted by Gasteiger charge is 2.10. The van der Waals surface area contributed by atoms with Gasteiger partial charge in [0.25, 0.3) is 5.91 Å². The minimum atomic E-state index is -0.246. The molecule has 4 rings (SSSR count). The van der Waals surface area contributed by atoms with Crippen LogP contribution in [0.3, 0.4) is 0 Å². The Morgan fingerprint density at radius 3 is 2.56 bits per heavy atom. The van der Waals surface area contributed by atoms with Gasteiger partial charge in [-0.3, -0.25) is 4.79 Å². The van der Waals surface area contributed by atoms with Crippen molar-refractivity contribution in [1.82, 2.24) is 25.1 Å². The number of ether oxygens (including phenoxy) is 3. The van der Waals surface area contributed by atoms with Gasteiger partial charge in [-0.2, -0.15) is 4.52 Å². The molecule has 32 heavy (non-hydrogen) atoms. The second-order valence-electron chi connectivity index (χ2n) is 6.73. The Kier molecular flexibility index (Phi) is 6.76. The average Bonchev–Trinajstić information content (AvgIpc) is 3.25. The maximum Gasteiger partial charge on any atom is 0.258 e. The van der Waals surface area contributed by atoms with E-state index in [0.29, 0.717) is 42.0 Å². The zero-order valence-corrected chi connectivity index (χ0v) is 17.6. The van der Waals surface area contributed by atoms with Crippen LogP contribution >= 0.6 is 0 Å². The predicted molar refractivity (Wildman–Crippen MR) is 118 cm³/mol. The number of nitrogens with zero attached hydrogens (tertiary/aromatic N) is 4. The summed E-state index contributed by atoms with van der Waals surface area (Å²) < 4.78 is 18.2. The Balaban J connectivity index is 1.25. The highest BCUT2D eigenvalue weighted by atomic mass is 16.5. The number of amides is 1. The molecule has 0 fully saturated rings. The fourth-order valence-electron chi connectivity index (χ4n) is 2.98. The Morgan fingerprint density at radius 1 is 0.938 bits per heavy atom. The highest BCUT2D eigenvalue weighted by molar-refractivity contribution is 5.77. The molecule has 2 aromatic carbocycles. The summed E-state index contributed by atoms with van der Waals surface area (Å²) in [6, 6.07) is 20.3. The van der Waals surface area contributed by atoms with Gasteiger partial charge in [0, 0.05) is 17.7 Å². The first-order valence-electron chi connectivity index (χ1n) is 10.3. The molecule has 4 aromatic rings. The zero-order valence-electron chi connectivity index (χ0n) is 17.6. The molecule has 0 aliphatic rings. The fourth-order valence-corrected chi connectivity index (χ4v) is 2.98. The molecule has 2 aromatic heterocycles. The molecule has 9 nitrogen and oxygen atoms in total. The Hall–Kier alpha value is -4.14. The molecule has 2 heterocycles. The van der Waals surface area contributed by atoms with Gasteiger partial charge in [-0.1, -0.05) is 36.4 Å². The first-order valence-corrected chi connectivity index (χ1v) is 10.3. The lowest BCUT2D eigenvalue weighted by molar-refractivity contribution is -0.123. The number of aromatic nitrogens is 4. The molecule has 0 aliphatic heterocycles. The van der Waals surface area contributed by atoms with E-state index in [0.717, 1.165) is 5.56 Å². The van der Waals surface area contributed by atoms with Crippen LogP contribution < -0.4 is 19.5 Å². The molecule has 0 saturated heterocycles. The number of carbonyl (C=O) groups is 1. The average molecular weight is 433 g/mol. The van der Waals surface area contributed by atoms with E-state index in [2.05, 4.69) is 20.6 Å². The van der Waals surface area contributed by atoms with Gasteiger partial charge in [-0.05, 0) is 25.1 Å². The molecule has 1 N–H and O–H groups in total. The largest absolute Gasteiger partial charge is 0.494 e. The van der Waals surface area contributed by atoms with Gasteiger partial charge >= 0.3 is 0 Å². The van der Waals surface area contributed by atoms with Crippen molar-refractivity contribution in [2.24, 2.45) is 0 Å². The summed E-state index contributed by atoms with van der Waals surface area (Å²) in [6.45, 7) is 2.95. The summed E-state index contributed by atoms with van der Waals surface area (Å²) in [7, 11) is 0. The molecule has 0 atom stereocenters. The van der Waals surface area contributed by atoms with Crippen LogP contribution in [0.5, 0.6) is 17.4 Å². The second kappa shape index (κ2) is 10.3. The molecular formula is C23H23N5O4. The van der Waals surface area contributed by atoms with E-state index in [1.54, 1.807) is 28.8 Å². The third-order valence-electron chi connectivity index (χ3n) is 4.43. The lowest BCUT2D eigenvalue weighted by Crippen LogP contribution is -2.32. The third-order valence-corrected chi connectivity index (χ3v) is 4.43. The summed E-state index contributed by atoms with van der Waals surface area (Å²) >= 11 is 0. The number of benzene rings is 2. The summed E-state index contributed by atoms with van der Waals surface area (Å²) in [5.74, 6) is 2.07. The highest BCUT2D eigenvalue weighted by Crippen LogP contribution is 2.20. The lowest BCUT2D eigenvalue weighted by Gasteiger charge is -2.10. The first kappa shape index (κ1) is 21.1. The van der Waals surface area contributed by atoms with E-state index < -0.39 is 0 Å². The quantitative estimate of drug-likeness (QED) is 0.384. The van der Waals surface area contributed by atoms with Crippen molar-refractivity contribution in [1.29, 1.82) is 0 Å². The van der Waals surface area contributed by atoms with Crippen LogP contribution in [0.4, 0.5) is 0 Å². The molecule has 9 heteroatoms. The van der Waals surface area contributed by atoms with Gasteiger partial charge in [0.1, 0.15) is 18.1 Å². The minimum Gasteiger partial charge on any atom is -0.494 e. The van der Waals surface area contributed by atoms with Gasteiger partial charge in [0.15, 0.2) is 18.1 Å². The number of rotatable bonds is 10. The van der Waals surface area contributed by atoms with Crippen molar-refractivity contribution >= 4 is 11.6 Å². The van der Waals surface area contributed by atoms with E-state index in [9.17, 15) is 4.79 Å². The van der Waals surface area contributed by atoms with Gasteiger partial charge in [0.05, 0.1) is 13.2 Å². The van der Waals surface area contributed by atoms with Crippen molar-refractivity contribution in [3.05, 3.63) is 66.7 Å². The van der Waals surface area contributed by atoms with Crippen molar-refractivity contribution in [2.45, 2.75) is 6.92 Å². The van der Waals surface area contributed by atoms with Gasteiger partial charge in [-0.25, -0.2) is 0 Å². The molecular weight excluding hydrogens is 410 g/mol. The van der Waals surface area contributed by atoms with Crippen molar-refractivity contribution in [3.63, 3.8) is 0 Å². The number of carbonyl (C=O) groups excluding carboxylic acids is 1. The van der Waals surface area contributed by atoms with Crippen LogP contribution in [-0.4, -0.2) is 52.1 Å². The van der Waals surface area contributed by atoms with E-state index >= 15 is 0 Å². The molecule has 0 radical (unpaired) electrons. The molecule has 0 saturated carbocycles. The summed E-state index contributed by atoms with van der Waals surface area (Å²) in [6.07, 6.45) is 0. The monoisotopic (exact) mass is 433 g/mol. The Morgan fingerprint density at radius 2 is 1.75 bits per heavy atom. The van der Waals surface area contributed by atoms with Crippen LogP contribution in [0, 0.1) is 0 Å². The van der Waals surface area contributed by atoms with Crippen molar-refractivity contribution in [2.75, 3.05) is 26.4 Å². The van der Waals surface area contributed by atoms with Gasteiger partial charge in [-0.15, -0.1) is 15.3 Å². The standard InChI is InChI=1S/C23H23N5O4/c1-2-30-18-9-6-10-19(15-18)32-16-21(29)24-13-14-31-22-12-11-20-25-26-23(28(20)27-22)17-7-4-3-5-8-17/h3-12,15H,2,13-14,16H2,1H3,(H,24,29). The minimum absolute atomic E-state index is 0.0963. The summed E-state index contributed by atoms with van der Waals surface area (Å²) in [5, 5.41) is 15.5. The van der Waals surface area contributed by atoms with Crippen LogP contribution in [-0.2, 0) is 4.79 Å². The molecule has 0 unspecified atom stereocenters. The second-order valence-corrected chi connectivity index (χ2v) is 6.73. The van der Waals surface area contributed by atoms with Crippen LogP contribution in [0.2, 0.25) is 0 Å². The SMILES string of the molecule is CCOc1cccc(OCC(=O)NCCOc2ccc3nnc(-c4ccccc4)n3n2)c1. The Bertz CT molecular complexity index is 1180. The molecule has 0 aliphatic carbocycles. The summed E-state index contributed by atoms with van der Waals surface area (Å²) in [4.78, 5) is 12.0. The maximum absolute atomic E-state index is 12.0. The molecule has 0 spiro atoms. The first-order chi connectivity index (χ1) is 15.7. The molecule has 1 amide bonds. The summed E-state index contributed by atoms with van der Waals surface area (Å²) in [5.41, 5.74) is 1.53. The number of nitrogens with one attached hydrogen (secondary N) is 1. The van der Waals surface area contributed by atoms with E-state index in [4.69, 9.17) is 14.2 Å². The molecule has 164 valence electrons. The van der Waals surface area contributed by atoms with E-state index in [-0.39, 0.29) is 19.1 Å². The van der Waals surface area contributed by atoms with Gasteiger partial charge < -0.3 is 19.5 Å². The zero-order chi connectivity index (χ0) is 22.2. The topological polar surface area (TPSA) is 99.9 Å².